The molecule has 0 heterocycles. The van der Waals surface area contributed by atoms with Crippen LogP contribution in [0.3, 0.4) is 0 Å². The van der Waals surface area contributed by atoms with Gasteiger partial charge in [-0.15, -0.1) is 0 Å². The Morgan fingerprint density at radius 2 is 2.00 bits per heavy atom. The van der Waals surface area contributed by atoms with Crippen LogP contribution in [0.15, 0.2) is 12.2 Å². The van der Waals surface area contributed by atoms with E-state index >= 15 is 0 Å². The third kappa shape index (κ3) is 2.56. The molecule has 3 nitrogen and oxygen atoms in total. The van der Waals surface area contributed by atoms with Crippen molar-refractivity contribution < 1.29 is 14.3 Å². The Bertz CT molecular complexity index is 570. The van der Waals surface area contributed by atoms with Crippen LogP contribution < -0.4 is 0 Å². The van der Waals surface area contributed by atoms with Crippen LogP contribution in [0.1, 0.15) is 65.2 Å². The highest BCUT2D eigenvalue weighted by molar-refractivity contribution is 5.84. The Morgan fingerprint density at radius 1 is 1.20 bits per heavy atom. The molecule has 0 radical (unpaired) electrons. The molecule has 0 aromatic rings. The third-order valence-electron chi connectivity index (χ3n) is 8.68. The van der Waals surface area contributed by atoms with E-state index in [4.69, 9.17) is 9.47 Å². The highest BCUT2D eigenvalue weighted by atomic mass is 16.7. The number of methoxy groups -OCH3 is 1. The van der Waals surface area contributed by atoms with E-state index in [9.17, 15) is 4.79 Å². The van der Waals surface area contributed by atoms with Gasteiger partial charge in [-0.1, -0.05) is 26.0 Å². The van der Waals surface area contributed by atoms with Crippen molar-refractivity contribution in [2.45, 2.75) is 71.3 Å². The molecule has 0 aliphatic heterocycles. The largest absolute Gasteiger partial charge is 0.359 e. The first-order valence-corrected chi connectivity index (χ1v) is 10.2. The van der Waals surface area contributed by atoms with Gasteiger partial charge in [-0.25, -0.2) is 0 Å². The Kier molecular flexibility index (Phi) is 4.39. The molecule has 7 atom stereocenters. The summed E-state index contributed by atoms with van der Waals surface area (Å²) in [4.78, 5) is 13.3. The minimum Gasteiger partial charge on any atom is -0.359 e. The van der Waals surface area contributed by atoms with Gasteiger partial charge in [0.25, 0.3) is 0 Å². The van der Waals surface area contributed by atoms with Crippen LogP contribution in [0.25, 0.3) is 0 Å². The van der Waals surface area contributed by atoms with E-state index in [0.29, 0.717) is 36.4 Å². The second-order valence-electron chi connectivity index (χ2n) is 9.70. The minimum absolute atomic E-state index is 0.0836. The fourth-order valence-corrected chi connectivity index (χ4v) is 7.25. The van der Waals surface area contributed by atoms with E-state index in [1.54, 1.807) is 7.11 Å². The van der Waals surface area contributed by atoms with Crippen molar-refractivity contribution in [3.05, 3.63) is 12.2 Å². The van der Waals surface area contributed by atoms with Gasteiger partial charge in [0.2, 0.25) is 0 Å². The summed E-state index contributed by atoms with van der Waals surface area (Å²) in [5, 5.41) is 0. The number of hydrogen-bond donors (Lipinski definition) is 0. The molecule has 0 aromatic heterocycles. The molecule has 4 fully saturated rings. The first kappa shape index (κ1) is 17.7. The molecule has 0 unspecified atom stereocenters. The zero-order valence-electron chi connectivity index (χ0n) is 16.2. The molecule has 4 aliphatic rings. The summed E-state index contributed by atoms with van der Waals surface area (Å²) < 4.78 is 11.0. The van der Waals surface area contributed by atoms with E-state index in [1.165, 1.54) is 24.8 Å². The van der Waals surface area contributed by atoms with Crippen molar-refractivity contribution in [1.29, 1.82) is 0 Å². The molecule has 0 saturated heterocycles. The highest BCUT2D eigenvalue weighted by Gasteiger charge is 2.61. The molecule has 4 rings (SSSR count). The van der Waals surface area contributed by atoms with E-state index in [0.717, 1.165) is 32.1 Å². The lowest BCUT2D eigenvalue weighted by Crippen LogP contribution is -2.57. The normalized spacial score (nSPS) is 49.5. The van der Waals surface area contributed by atoms with E-state index < -0.39 is 0 Å². The fraction of sp³-hybridized carbons (Fsp3) is 0.864. The van der Waals surface area contributed by atoms with Crippen molar-refractivity contribution in [3.8, 4) is 0 Å². The maximum atomic E-state index is 13.3. The number of fused-ring (bicyclic) bond motifs is 5. The molecule has 4 saturated carbocycles. The number of carbonyl (C=O) groups is 1. The number of allylic oxidation sites excluding steroid dienone is 1. The molecular weight excluding hydrogens is 312 g/mol. The van der Waals surface area contributed by atoms with Crippen molar-refractivity contribution in [2.24, 2.45) is 34.5 Å². The average molecular weight is 347 g/mol. The van der Waals surface area contributed by atoms with Crippen molar-refractivity contribution in [3.63, 3.8) is 0 Å². The molecule has 0 N–H and O–H groups in total. The van der Waals surface area contributed by atoms with Gasteiger partial charge in [0, 0.05) is 19.4 Å². The smallest absolute Gasteiger partial charge is 0.146 e. The summed E-state index contributed by atoms with van der Waals surface area (Å²) in [5.41, 5.74) is 1.60. The quantitative estimate of drug-likeness (QED) is 0.546. The summed E-state index contributed by atoms with van der Waals surface area (Å²) in [7, 11) is 1.69. The predicted molar refractivity (Wildman–Crippen MR) is 98.0 cm³/mol. The number of rotatable bonds is 3. The zero-order valence-corrected chi connectivity index (χ0v) is 16.2. The SMILES string of the molecule is C=C1CC[C@H]2[C@@H]3CC[C@H]4C[C@H](OCOC)CC[C@]4(C)[C@H]3C(=O)C[C@]12C. The molecule has 0 amide bonds. The van der Waals surface area contributed by atoms with Crippen LogP contribution in [-0.2, 0) is 14.3 Å². The molecule has 0 spiro atoms. The van der Waals surface area contributed by atoms with Crippen LogP contribution in [0.5, 0.6) is 0 Å². The van der Waals surface area contributed by atoms with Gasteiger partial charge in [-0.3, -0.25) is 4.79 Å². The summed E-state index contributed by atoms with van der Waals surface area (Å²) in [6.07, 6.45) is 9.22. The van der Waals surface area contributed by atoms with Gasteiger partial charge in [0.1, 0.15) is 12.6 Å². The van der Waals surface area contributed by atoms with Crippen LogP contribution in [0.2, 0.25) is 0 Å². The van der Waals surface area contributed by atoms with Gasteiger partial charge in [-0.2, -0.15) is 0 Å². The fourth-order valence-electron chi connectivity index (χ4n) is 7.25. The first-order valence-electron chi connectivity index (χ1n) is 10.2. The number of Topliss-reactive ketones (excluding diaryl/α,β-unsaturated/α-hetero) is 1. The monoisotopic (exact) mass is 346 g/mol. The van der Waals surface area contributed by atoms with E-state index in [1.807, 2.05) is 0 Å². The van der Waals surface area contributed by atoms with Gasteiger partial charge >= 0.3 is 0 Å². The van der Waals surface area contributed by atoms with Gasteiger partial charge < -0.3 is 9.47 Å². The van der Waals surface area contributed by atoms with Crippen LogP contribution in [-0.4, -0.2) is 25.8 Å². The Morgan fingerprint density at radius 3 is 2.76 bits per heavy atom. The lowest BCUT2D eigenvalue weighted by Gasteiger charge is -2.59. The number of hydrogen-bond acceptors (Lipinski definition) is 3. The van der Waals surface area contributed by atoms with Gasteiger partial charge in [-0.05, 0) is 73.5 Å². The van der Waals surface area contributed by atoms with Crippen LogP contribution in [0.4, 0.5) is 0 Å². The maximum Gasteiger partial charge on any atom is 0.146 e. The summed E-state index contributed by atoms with van der Waals surface area (Å²) in [6, 6.07) is 0. The standard InChI is InChI=1S/C22H34O3/c1-14-5-8-18-17-7-6-15-11-16(25-13-24-4)9-10-21(15,2)20(17)19(23)12-22(14,18)3/h15-18,20H,1,5-13H2,2-4H3/t15-,16+,17-,18-,20+,21-,22+/m0/s1. The highest BCUT2D eigenvalue weighted by Crippen LogP contribution is 2.66. The first-order chi connectivity index (χ1) is 11.9. The number of carbonyl (C=O) groups excluding carboxylic acids is 1. The third-order valence-corrected chi connectivity index (χ3v) is 8.68. The van der Waals surface area contributed by atoms with Gasteiger partial charge in [0.15, 0.2) is 0 Å². The summed E-state index contributed by atoms with van der Waals surface area (Å²) >= 11 is 0. The predicted octanol–water partition coefficient (Wildman–Crippen LogP) is 4.75. The van der Waals surface area contributed by atoms with Crippen molar-refractivity contribution in [1.82, 2.24) is 0 Å². The summed E-state index contributed by atoms with van der Waals surface area (Å²) in [6.45, 7) is 9.48. The number of ether oxygens (including phenoxy) is 2. The molecular formula is C22H34O3. The minimum atomic E-state index is 0.0836. The molecule has 25 heavy (non-hydrogen) atoms. The lowest BCUT2D eigenvalue weighted by atomic mass is 9.44. The molecule has 140 valence electrons. The average Bonchev–Trinajstić information content (AvgIpc) is 2.87. The van der Waals surface area contributed by atoms with Gasteiger partial charge in [0.05, 0.1) is 6.10 Å². The van der Waals surface area contributed by atoms with E-state index in [2.05, 4.69) is 20.4 Å². The second kappa shape index (κ2) is 6.20. The molecule has 0 bridgehead atoms. The Balaban J connectivity index is 1.57. The topological polar surface area (TPSA) is 35.5 Å². The van der Waals surface area contributed by atoms with Crippen LogP contribution >= 0.6 is 0 Å². The van der Waals surface area contributed by atoms with Crippen molar-refractivity contribution in [2.75, 3.05) is 13.9 Å². The maximum absolute atomic E-state index is 13.3. The van der Waals surface area contributed by atoms with Crippen molar-refractivity contribution >= 4 is 5.78 Å². The number of ketones is 1. The molecule has 0 aromatic carbocycles. The Hall–Kier alpha value is -0.670. The molecule has 3 heteroatoms. The van der Waals surface area contributed by atoms with Crippen LogP contribution in [0, 0.1) is 34.5 Å². The molecule has 4 aliphatic carbocycles. The zero-order chi connectivity index (χ0) is 17.8. The second-order valence-corrected chi connectivity index (χ2v) is 9.70. The Labute approximate surface area is 152 Å². The summed E-state index contributed by atoms with van der Waals surface area (Å²) in [5.74, 6) is 2.71. The van der Waals surface area contributed by atoms with E-state index in [-0.39, 0.29) is 16.7 Å². The lowest BCUT2D eigenvalue weighted by molar-refractivity contribution is -0.165.